The monoisotopic (exact) mass is 480 g/mol. The number of aryl methyl sites for hydroxylation is 1. The third kappa shape index (κ3) is 3.88. The van der Waals surface area contributed by atoms with E-state index in [-0.39, 0.29) is 11.9 Å². The lowest BCUT2D eigenvalue weighted by atomic mass is 10.0. The molecule has 0 aromatic carbocycles. The fraction of sp³-hybridized carbons (Fsp3) is 0.458. The van der Waals surface area contributed by atoms with Crippen LogP contribution in [0.4, 0.5) is 14.7 Å². The number of aromatic amines is 1. The summed E-state index contributed by atoms with van der Waals surface area (Å²) in [5.74, 6) is 2.28. The van der Waals surface area contributed by atoms with Gasteiger partial charge in [-0.2, -0.15) is 4.98 Å². The molecular weight excluding hydrogens is 454 g/mol. The van der Waals surface area contributed by atoms with Gasteiger partial charge in [0.05, 0.1) is 12.2 Å². The maximum atomic E-state index is 13.1. The fourth-order valence-corrected chi connectivity index (χ4v) is 5.67. The number of nitrogens with one attached hydrogen (secondary N) is 2. The molecule has 0 bridgehead atoms. The highest BCUT2D eigenvalue weighted by Crippen LogP contribution is 2.39. The minimum absolute atomic E-state index is 0.155. The Hall–Kier alpha value is -3.63. The largest absolute Gasteiger partial charge is 0.351 e. The van der Waals surface area contributed by atoms with E-state index >= 15 is 0 Å². The molecule has 3 atom stereocenters. The molecule has 0 spiro atoms. The average molecular weight is 481 g/mol. The summed E-state index contributed by atoms with van der Waals surface area (Å²) in [5.41, 5.74) is 3.14. The third-order valence-electron chi connectivity index (χ3n) is 7.34. The summed E-state index contributed by atoms with van der Waals surface area (Å²) in [4.78, 5) is 35.0. The van der Waals surface area contributed by atoms with Crippen molar-refractivity contribution in [1.29, 1.82) is 0 Å². The molecule has 2 aliphatic rings. The predicted molar refractivity (Wildman–Crippen MR) is 127 cm³/mol. The number of imidazole rings is 1. The van der Waals surface area contributed by atoms with E-state index in [1.54, 1.807) is 26.1 Å². The summed E-state index contributed by atoms with van der Waals surface area (Å²) in [6.45, 7) is 4.57. The summed E-state index contributed by atoms with van der Waals surface area (Å²) < 4.78 is 27.6. The number of hydrogen-bond donors (Lipinski definition) is 2. The van der Waals surface area contributed by atoms with Gasteiger partial charge >= 0.3 is 0 Å². The third-order valence-corrected chi connectivity index (χ3v) is 7.34. The van der Waals surface area contributed by atoms with Gasteiger partial charge in [-0.15, -0.1) is 0 Å². The van der Waals surface area contributed by atoms with E-state index in [2.05, 4.69) is 30.2 Å². The number of aromatic nitrogens is 6. The van der Waals surface area contributed by atoms with Crippen LogP contribution < -0.4 is 5.32 Å². The molecule has 1 amide bonds. The Labute approximate surface area is 200 Å². The molecule has 5 heterocycles. The van der Waals surface area contributed by atoms with Crippen LogP contribution in [-0.2, 0) is 11.3 Å². The molecule has 4 aromatic heterocycles. The maximum Gasteiger partial charge on any atom is 0.256 e. The fourth-order valence-electron chi connectivity index (χ4n) is 5.67. The maximum absolute atomic E-state index is 13.1. The topological polar surface area (TPSA) is 105 Å². The number of rotatable bonds is 5. The standard InChI is InChI=1S/C24H26F2N8O/c1-12-29-20-4-3-19(31-23(20)34(12)11-21(25)26)17-7-27-22-18(17)8-28-24(32-22)30-16-5-14-9-33(13(2)35)10-15(14)6-16/h3-4,7-8,14-16,21H,5-6,9-11H2,1-2H3,(H2,27,28,30,32)/t14-,15+,16-. The minimum Gasteiger partial charge on any atom is -0.351 e. The van der Waals surface area contributed by atoms with Crippen molar-refractivity contribution in [3.05, 3.63) is 30.4 Å². The lowest BCUT2D eigenvalue weighted by Gasteiger charge is -2.18. The number of carbonyl (C=O) groups is 1. The van der Waals surface area contributed by atoms with Crippen molar-refractivity contribution in [3.8, 4) is 11.3 Å². The molecular formula is C24H26F2N8O. The number of likely N-dealkylation sites (tertiary alicyclic amines) is 1. The van der Waals surface area contributed by atoms with Crippen LogP contribution in [0.1, 0.15) is 25.6 Å². The van der Waals surface area contributed by atoms with Gasteiger partial charge in [-0.05, 0) is 43.7 Å². The van der Waals surface area contributed by atoms with Crippen molar-refractivity contribution in [2.45, 2.75) is 45.7 Å². The van der Waals surface area contributed by atoms with Crippen molar-refractivity contribution in [3.63, 3.8) is 0 Å². The Bertz CT molecular complexity index is 1420. The van der Waals surface area contributed by atoms with Crippen LogP contribution in [0.25, 0.3) is 33.5 Å². The molecule has 35 heavy (non-hydrogen) atoms. The number of H-pyrrole nitrogens is 1. The zero-order valence-electron chi connectivity index (χ0n) is 19.5. The van der Waals surface area contributed by atoms with Gasteiger partial charge in [0.2, 0.25) is 11.9 Å². The lowest BCUT2D eigenvalue weighted by molar-refractivity contribution is -0.128. The van der Waals surface area contributed by atoms with E-state index in [0.717, 1.165) is 36.9 Å². The first kappa shape index (κ1) is 21.9. The molecule has 6 rings (SSSR count). The van der Waals surface area contributed by atoms with Crippen LogP contribution in [0.15, 0.2) is 24.5 Å². The van der Waals surface area contributed by atoms with Crippen molar-refractivity contribution < 1.29 is 13.6 Å². The average Bonchev–Trinajstić information content (AvgIpc) is 3.55. The first-order chi connectivity index (χ1) is 16.9. The molecule has 1 aliphatic heterocycles. The highest BCUT2D eigenvalue weighted by atomic mass is 19.3. The number of fused-ring (bicyclic) bond motifs is 3. The molecule has 182 valence electrons. The number of alkyl halides is 2. The number of carbonyl (C=O) groups excluding carboxylic acids is 1. The van der Waals surface area contributed by atoms with Gasteiger partial charge in [-0.3, -0.25) is 4.79 Å². The Morgan fingerprint density at radius 2 is 1.97 bits per heavy atom. The number of pyridine rings is 1. The molecule has 9 nitrogen and oxygen atoms in total. The van der Waals surface area contributed by atoms with Crippen LogP contribution in [0.5, 0.6) is 0 Å². The SMILES string of the molecule is CC(=O)N1C[C@H]2C[C@@H](Nc3ncc4c(-c5ccc6nc(C)n(CC(F)F)c6n5)c[nH]c4n3)C[C@H]2C1. The number of halogens is 2. The van der Waals surface area contributed by atoms with Gasteiger partial charge < -0.3 is 19.8 Å². The molecule has 2 fully saturated rings. The zero-order chi connectivity index (χ0) is 24.3. The Morgan fingerprint density at radius 3 is 2.69 bits per heavy atom. The van der Waals surface area contributed by atoms with Crippen molar-refractivity contribution in [2.24, 2.45) is 11.8 Å². The number of amides is 1. The van der Waals surface area contributed by atoms with Crippen LogP contribution in [-0.4, -0.2) is 65.9 Å². The van der Waals surface area contributed by atoms with E-state index in [4.69, 9.17) is 0 Å². The number of nitrogens with zero attached hydrogens (tertiary/aromatic N) is 6. The van der Waals surface area contributed by atoms with Gasteiger partial charge in [0.25, 0.3) is 6.43 Å². The van der Waals surface area contributed by atoms with Crippen LogP contribution in [0.3, 0.4) is 0 Å². The van der Waals surface area contributed by atoms with Gasteiger partial charge in [0.15, 0.2) is 5.65 Å². The van der Waals surface area contributed by atoms with Crippen molar-refractivity contribution in [1.82, 2.24) is 34.4 Å². The molecule has 4 aromatic rings. The van der Waals surface area contributed by atoms with Crippen molar-refractivity contribution >= 4 is 34.1 Å². The summed E-state index contributed by atoms with van der Waals surface area (Å²) >= 11 is 0. The molecule has 11 heteroatoms. The normalized spacial score (nSPS) is 22.0. The zero-order valence-corrected chi connectivity index (χ0v) is 19.5. The van der Waals surface area contributed by atoms with Gasteiger partial charge in [-0.25, -0.2) is 23.7 Å². The predicted octanol–water partition coefficient (Wildman–Crippen LogP) is 3.61. The van der Waals surface area contributed by atoms with Crippen LogP contribution in [0.2, 0.25) is 0 Å². The smallest absolute Gasteiger partial charge is 0.256 e. The highest BCUT2D eigenvalue weighted by Gasteiger charge is 2.41. The van der Waals surface area contributed by atoms with Crippen LogP contribution >= 0.6 is 0 Å². The second-order valence-electron chi connectivity index (χ2n) is 9.61. The molecule has 1 saturated carbocycles. The summed E-state index contributed by atoms with van der Waals surface area (Å²) in [6, 6.07) is 3.91. The van der Waals surface area contributed by atoms with E-state index in [9.17, 15) is 13.6 Å². The van der Waals surface area contributed by atoms with Gasteiger partial charge in [0.1, 0.15) is 17.0 Å². The Kier molecular flexibility index (Phi) is 5.15. The second kappa shape index (κ2) is 8.24. The second-order valence-corrected chi connectivity index (χ2v) is 9.61. The summed E-state index contributed by atoms with van der Waals surface area (Å²) in [5, 5.41) is 4.27. The van der Waals surface area contributed by atoms with E-state index < -0.39 is 13.0 Å². The van der Waals surface area contributed by atoms with Crippen molar-refractivity contribution in [2.75, 3.05) is 18.4 Å². The minimum atomic E-state index is -2.49. The molecule has 1 aliphatic carbocycles. The van der Waals surface area contributed by atoms with Crippen LogP contribution in [0, 0.1) is 18.8 Å². The van der Waals surface area contributed by atoms with Gasteiger partial charge in [-0.1, -0.05) is 0 Å². The van der Waals surface area contributed by atoms with E-state index in [1.165, 1.54) is 4.57 Å². The molecule has 2 N–H and O–H groups in total. The van der Waals surface area contributed by atoms with E-state index in [1.807, 2.05) is 17.2 Å². The van der Waals surface area contributed by atoms with E-state index in [0.29, 0.717) is 46.1 Å². The van der Waals surface area contributed by atoms with Gasteiger partial charge in [0, 0.05) is 49.4 Å². The molecule has 0 unspecified atom stereocenters. The first-order valence-electron chi connectivity index (χ1n) is 11.8. The lowest BCUT2D eigenvalue weighted by Crippen LogP contribution is -2.29. The highest BCUT2D eigenvalue weighted by molar-refractivity contribution is 5.93. The summed E-state index contributed by atoms with van der Waals surface area (Å²) in [7, 11) is 0. The molecule has 1 saturated heterocycles. The number of anilines is 1. The quantitative estimate of drug-likeness (QED) is 0.452. The molecule has 0 radical (unpaired) electrons. The summed E-state index contributed by atoms with van der Waals surface area (Å²) in [6.07, 6.45) is 3.09. The Balaban J connectivity index is 1.23. The Morgan fingerprint density at radius 1 is 1.20 bits per heavy atom. The first-order valence-corrected chi connectivity index (χ1v) is 11.8. The number of hydrogen-bond acceptors (Lipinski definition) is 6.